The van der Waals surface area contributed by atoms with Gasteiger partial charge < -0.3 is 5.11 Å². The number of unbranched alkanes of at least 4 members (excludes halogenated alkanes) is 5. The molecule has 0 atom stereocenters. The lowest BCUT2D eigenvalue weighted by molar-refractivity contribution is -0.696. The number of nitrogens with zero attached hydrogens (tertiary/aromatic N) is 2. The Bertz CT molecular complexity index is 422. The molecule has 0 aliphatic rings. The van der Waals surface area contributed by atoms with E-state index in [0.717, 1.165) is 12.2 Å². The number of carboxylic acids is 1. The lowest BCUT2D eigenvalue weighted by Gasteiger charge is -1.98. The van der Waals surface area contributed by atoms with Gasteiger partial charge in [0.2, 0.25) is 6.33 Å². The molecule has 1 rings (SSSR count). The van der Waals surface area contributed by atoms with Crippen LogP contribution < -0.4 is 4.57 Å². The van der Waals surface area contributed by atoms with Crippen molar-refractivity contribution in [1.29, 1.82) is 0 Å². The minimum atomic E-state index is -0.913. The van der Waals surface area contributed by atoms with Gasteiger partial charge in [-0.2, -0.15) is 0 Å². The van der Waals surface area contributed by atoms with Crippen molar-refractivity contribution < 1.29 is 14.5 Å². The van der Waals surface area contributed by atoms with Gasteiger partial charge in [0.05, 0.1) is 13.6 Å². The first kappa shape index (κ1) is 15.5. The van der Waals surface area contributed by atoms with Gasteiger partial charge >= 0.3 is 5.97 Å². The van der Waals surface area contributed by atoms with Gasteiger partial charge in [-0.1, -0.05) is 32.6 Å². The summed E-state index contributed by atoms with van der Waals surface area (Å²) in [7, 11) is 1.93. The molecule has 19 heavy (non-hydrogen) atoms. The van der Waals surface area contributed by atoms with Crippen LogP contribution in [0.2, 0.25) is 0 Å². The second kappa shape index (κ2) is 8.51. The van der Waals surface area contributed by atoms with E-state index in [2.05, 4.69) is 11.5 Å². The maximum atomic E-state index is 10.5. The van der Waals surface area contributed by atoms with Crippen molar-refractivity contribution in [3.05, 3.63) is 24.3 Å². The molecule has 0 aromatic carbocycles. The summed E-state index contributed by atoms with van der Waals surface area (Å²) in [6.45, 7) is 3.23. The topological polar surface area (TPSA) is 46.1 Å². The van der Waals surface area contributed by atoms with Crippen LogP contribution in [0, 0.1) is 0 Å². The Morgan fingerprint density at radius 3 is 2.68 bits per heavy atom. The number of hydrogen-bond donors (Lipinski definition) is 1. The normalized spacial score (nSPS) is 11.3. The van der Waals surface area contributed by atoms with Gasteiger partial charge in [-0.15, -0.1) is 0 Å². The van der Waals surface area contributed by atoms with E-state index in [1.165, 1.54) is 44.6 Å². The number of aliphatic carboxylic acids is 1. The average molecular weight is 265 g/mol. The van der Waals surface area contributed by atoms with E-state index in [9.17, 15) is 4.79 Å². The number of carboxylic acid groups (broad SMARTS) is 1. The number of carbonyl (C=O) groups is 1. The Kier molecular flexibility index (Phi) is 6.93. The van der Waals surface area contributed by atoms with Gasteiger partial charge in [0.1, 0.15) is 6.20 Å². The molecule has 4 nitrogen and oxygen atoms in total. The molecule has 1 aromatic rings. The van der Waals surface area contributed by atoms with Crippen LogP contribution in [-0.4, -0.2) is 15.6 Å². The van der Waals surface area contributed by atoms with Crippen LogP contribution in [0.3, 0.4) is 0 Å². The van der Waals surface area contributed by atoms with E-state index in [1.807, 2.05) is 24.1 Å². The van der Waals surface area contributed by atoms with Gasteiger partial charge in [0, 0.05) is 6.08 Å². The fourth-order valence-electron chi connectivity index (χ4n) is 2.10. The molecule has 0 saturated heterocycles. The summed E-state index contributed by atoms with van der Waals surface area (Å²) in [6.07, 6.45) is 14.5. The van der Waals surface area contributed by atoms with Gasteiger partial charge in [-0.05, 0) is 18.9 Å². The molecule has 0 bridgehead atoms. The lowest BCUT2D eigenvalue weighted by Crippen LogP contribution is -2.30. The van der Waals surface area contributed by atoms with E-state index in [-0.39, 0.29) is 0 Å². The second-order valence-electron chi connectivity index (χ2n) is 4.96. The van der Waals surface area contributed by atoms with E-state index in [1.54, 1.807) is 6.08 Å². The SMILES string of the molecule is CCCCCCCC[n+]1cc(/C=C/C(=O)O)n(C)c1. The molecule has 0 unspecified atom stereocenters. The molecular formula is C15H25N2O2+. The van der Waals surface area contributed by atoms with Crippen molar-refractivity contribution in [2.24, 2.45) is 7.05 Å². The lowest BCUT2D eigenvalue weighted by atomic mass is 10.1. The largest absolute Gasteiger partial charge is 0.478 e. The number of imidazole rings is 1. The molecular weight excluding hydrogens is 240 g/mol. The van der Waals surface area contributed by atoms with Crippen molar-refractivity contribution in [3.8, 4) is 0 Å². The summed E-state index contributed by atoms with van der Waals surface area (Å²) in [5.74, 6) is -0.913. The van der Waals surface area contributed by atoms with Crippen molar-refractivity contribution in [2.45, 2.75) is 52.0 Å². The molecule has 1 N–H and O–H groups in total. The second-order valence-corrected chi connectivity index (χ2v) is 4.96. The molecule has 106 valence electrons. The van der Waals surface area contributed by atoms with E-state index >= 15 is 0 Å². The molecule has 0 aliphatic heterocycles. The smallest absolute Gasteiger partial charge is 0.328 e. The molecule has 0 fully saturated rings. The zero-order chi connectivity index (χ0) is 14.1. The number of rotatable bonds is 9. The summed E-state index contributed by atoms with van der Waals surface area (Å²) in [6, 6.07) is 0. The Morgan fingerprint density at radius 1 is 1.32 bits per heavy atom. The van der Waals surface area contributed by atoms with Gasteiger partial charge in [0.25, 0.3) is 0 Å². The highest BCUT2D eigenvalue weighted by atomic mass is 16.4. The quantitative estimate of drug-likeness (QED) is 0.424. The van der Waals surface area contributed by atoms with E-state index in [4.69, 9.17) is 5.11 Å². The van der Waals surface area contributed by atoms with Crippen LogP contribution in [0.1, 0.15) is 51.1 Å². The Labute approximate surface area is 115 Å². The molecule has 0 spiro atoms. The number of aryl methyl sites for hydroxylation is 2. The van der Waals surface area contributed by atoms with Crippen molar-refractivity contribution in [2.75, 3.05) is 0 Å². The molecule has 4 heteroatoms. The predicted octanol–water partition coefficient (Wildman–Crippen LogP) is 2.77. The van der Waals surface area contributed by atoms with Gasteiger partial charge in [-0.25, -0.2) is 13.9 Å². The van der Waals surface area contributed by atoms with E-state index in [0.29, 0.717) is 0 Å². The summed E-state index contributed by atoms with van der Waals surface area (Å²) in [5.41, 5.74) is 0.911. The van der Waals surface area contributed by atoms with Gasteiger partial charge in [-0.3, -0.25) is 0 Å². The van der Waals surface area contributed by atoms with Crippen LogP contribution >= 0.6 is 0 Å². The highest BCUT2D eigenvalue weighted by molar-refractivity contribution is 5.84. The Morgan fingerprint density at radius 2 is 2.00 bits per heavy atom. The monoisotopic (exact) mass is 265 g/mol. The standard InChI is InChI=1S/C15H24N2O2/c1-3-4-5-6-7-8-11-17-12-14(16(2)13-17)9-10-15(18)19/h9-10,12-13H,3-8,11H2,1-2H3/p+1/b10-9+. The Hall–Kier alpha value is -1.58. The van der Waals surface area contributed by atoms with Crippen molar-refractivity contribution in [1.82, 2.24) is 4.57 Å². The molecule has 0 saturated carbocycles. The molecule has 0 radical (unpaired) electrons. The van der Waals surface area contributed by atoms with Crippen LogP contribution in [0.25, 0.3) is 6.08 Å². The number of aromatic nitrogens is 2. The van der Waals surface area contributed by atoms with Crippen LogP contribution in [0.15, 0.2) is 18.6 Å². The molecule has 0 aliphatic carbocycles. The first-order valence-corrected chi connectivity index (χ1v) is 7.10. The van der Waals surface area contributed by atoms with Crippen LogP contribution in [0.5, 0.6) is 0 Å². The Balaban J connectivity index is 2.35. The first-order valence-electron chi connectivity index (χ1n) is 7.10. The molecule has 1 heterocycles. The number of hydrogen-bond acceptors (Lipinski definition) is 1. The summed E-state index contributed by atoms with van der Waals surface area (Å²) in [5, 5.41) is 8.61. The zero-order valence-electron chi connectivity index (χ0n) is 12.0. The third-order valence-electron chi connectivity index (χ3n) is 3.19. The highest BCUT2D eigenvalue weighted by Gasteiger charge is 2.07. The summed E-state index contributed by atoms with van der Waals surface area (Å²) >= 11 is 0. The summed E-state index contributed by atoms with van der Waals surface area (Å²) in [4.78, 5) is 10.5. The fourth-order valence-corrected chi connectivity index (χ4v) is 2.10. The van der Waals surface area contributed by atoms with Crippen LogP contribution in [0.4, 0.5) is 0 Å². The third-order valence-corrected chi connectivity index (χ3v) is 3.19. The molecule has 0 amide bonds. The van der Waals surface area contributed by atoms with E-state index < -0.39 is 5.97 Å². The fraction of sp³-hybridized carbons (Fsp3) is 0.600. The zero-order valence-corrected chi connectivity index (χ0v) is 12.0. The highest BCUT2D eigenvalue weighted by Crippen LogP contribution is 2.05. The predicted molar refractivity (Wildman–Crippen MR) is 75.7 cm³/mol. The maximum absolute atomic E-state index is 10.5. The molecule has 1 aromatic heterocycles. The first-order chi connectivity index (χ1) is 9.13. The van der Waals surface area contributed by atoms with Crippen molar-refractivity contribution >= 4 is 12.0 Å². The van der Waals surface area contributed by atoms with Crippen LogP contribution in [-0.2, 0) is 18.4 Å². The maximum Gasteiger partial charge on any atom is 0.328 e. The minimum Gasteiger partial charge on any atom is -0.478 e. The van der Waals surface area contributed by atoms with Gasteiger partial charge in [0.15, 0.2) is 5.69 Å². The minimum absolute atomic E-state index is 0.911. The van der Waals surface area contributed by atoms with Crippen molar-refractivity contribution in [3.63, 3.8) is 0 Å². The summed E-state index contributed by atoms with van der Waals surface area (Å²) < 4.78 is 4.07. The average Bonchev–Trinajstić information content (AvgIpc) is 2.72. The third kappa shape index (κ3) is 6.22.